The van der Waals surface area contributed by atoms with Crippen molar-refractivity contribution in [2.45, 2.75) is 46.1 Å². The molecule has 2 heterocycles. The standard InChI is InChI=1S/C26H31N7O3/c1-17-31-32-23-22(27-14-8-9-15-28-25(35)36-26(2,3)4)30-20-16-18(12-13-21(20)33(17)23)24(34)29-19-10-6-5-7-11-19/h5-7,10-13,16H,8-9,14-15H2,1-4H3,(H,27,30)(H,28,35)(H,29,34). The van der Waals surface area contributed by atoms with E-state index in [1.54, 1.807) is 12.1 Å². The normalized spacial score (nSPS) is 11.4. The van der Waals surface area contributed by atoms with Crippen LogP contribution < -0.4 is 16.0 Å². The molecule has 0 aliphatic heterocycles. The third kappa shape index (κ3) is 6.07. The van der Waals surface area contributed by atoms with Gasteiger partial charge in [-0.15, -0.1) is 10.2 Å². The molecule has 2 aromatic heterocycles. The summed E-state index contributed by atoms with van der Waals surface area (Å²) in [4.78, 5) is 29.3. The lowest BCUT2D eigenvalue weighted by atomic mass is 10.1. The highest BCUT2D eigenvalue weighted by atomic mass is 16.6. The van der Waals surface area contributed by atoms with E-state index in [0.29, 0.717) is 35.6 Å². The van der Waals surface area contributed by atoms with E-state index in [9.17, 15) is 9.59 Å². The summed E-state index contributed by atoms with van der Waals surface area (Å²) in [6.45, 7) is 8.52. The van der Waals surface area contributed by atoms with E-state index >= 15 is 0 Å². The molecular weight excluding hydrogens is 458 g/mol. The second kappa shape index (κ2) is 10.6. The lowest BCUT2D eigenvalue weighted by Crippen LogP contribution is -2.33. The summed E-state index contributed by atoms with van der Waals surface area (Å²) in [6, 6.07) is 14.7. The van der Waals surface area contributed by atoms with Crippen LogP contribution in [-0.2, 0) is 4.74 Å². The maximum absolute atomic E-state index is 12.8. The number of aryl methyl sites for hydroxylation is 1. The third-order valence-electron chi connectivity index (χ3n) is 5.34. The van der Waals surface area contributed by atoms with Crippen molar-refractivity contribution in [3.8, 4) is 0 Å². The minimum absolute atomic E-state index is 0.211. The van der Waals surface area contributed by atoms with Crippen LogP contribution in [0.3, 0.4) is 0 Å². The Kier molecular flexibility index (Phi) is 7.33. The molecule has 0 saturated carbocycles. The van der Waals surface area contributed by atoms with Gasteiger partial charge in [0.1, 0.15) is 11.4 Å². The molecule has 36 heavy (non-hydrogen) atoms. The highest BCUT2D eigenvalue weighted by Crippen LogP contribution is 2.23. The Balaban J connectivity index is 1.45. The van der Waals surface area contributed by atoms with Gasteiger partial charge >= 0.3 is 6.09 Å². The van der Waals surface area contributed by atoms with Crippen molar-refractivity contribution in [3.05, 3.63) is 59.9 Å². The minimum atomic E-state index is -0.517. The van der Waals surface area contributed by atoms with Gasteiger partial charge in [0.2, 0.25) is 5.65 Å². The van der Waals surface area contributed by atoms with Crippen LogP contribution in [0.15, 0.2) is 48.5 Å². The molecule has 0 fully saturated rings. The zero-order valence-electron chi connectivity index (χ0n) is 21.0. The SMILES string of the molecule is Cc1nnc2c(NCCCCNC(=O)OC(C)(C)C)nc3cc(C(=O)Nc4ccccc4)ccc3n12. The van der Waals surface area contributed by atoms with Crippen molar-refractivity contribution in [3.63, 3.8) is 0 Å². The van der Waals surface area contributed by atoms with E-state index in [1.165, 1.54) is 0 Å². The molecule has 0 saturated heterocycles. The topological polar surface area (TPSA) is 123 Å². The molecule has 0 aliphatic carbocycles. The Hall–Kier alpha value is -4.21. The van der Waals surface area contributed by atoms with Crippen molar-refractivity contribution in [2.24, 2.45) is 0 Å². The molecule has 4 rings (SSSR count). The van der Waals surface area contributed by atoms with Crippen LogP contribution >= 0.6 is 0 Å². The molecule has 10 heteroatoms. The van der Waals surface area contributed by atoms with Gasteiger partial charge in [-0.2, -0.15) is 0 Å². The fourth-order valence-electron chi connectivity index (χ4n) is 3.72. The number of hydrogen-bond acceptors (Lipinski definition) is 7. The van der Waals surface area contributed by atoms with E-state index in [0.717, 1.165) is 29.9 Å². The molecule has 0 unspecified atom stereocenters. The smallest absolute Gasteiger partial charge is 0.407 e. The number of amides is 2. The number of unbranched alkanes of at least 4 members (excludes halogenated alkanes) is 1. The summed E-state index contributed by atoms with van der Waals surface area (Å²) in [5.74, 6) is 1.10. The fourth-order valence-corrected chi connectivity index (χ4v) is 3.72. The molecule has 188 valence electrons. The molecule has 3 N–H and O–H groups in total. The number of para-hydroxylation sites is 1. The Morgan fingerprint density at radius 1 is 1.00 bits per heavy atom. The molecule has 0 atom stereocenters. The molecule has 0 aliphatic rings. The predicted octanol–water partition coefficient (Wildman–Crippen LogP) is 4.56. The van der Waals surface area contributed by atoms with Crippen LogP contribution in [0.5, 0.6) is 0 Å². The van der Waals surface area contributed by atoms with Crippen molar-refractivity contribution in [2.75, 3.05) is 23.7 Å². The molecule has 0 radical (unpaired) electrons. The van der Waals surface area contributed by atoms with Crippen LogP contribution in [0.25, 0.3) is 16.7 Å². The largest absolute Gasteiger partial charge is 0.444 e. The number of carbonyl (C=O) groups excluding carboxylic acids is 2. The average Bonchev–Trinajstić information content (AvgIpc) is 3.22. The van der Waals surface area contributed by atoms with Gasteiger partial charge < -0.3 is 20.7 Å². The summed E-state index contributed by atoms with van der Waals surface area (Å²) < 4.78 is 7.17. The third-order valence-corrected chi connectivity index (χ3v) is 5.34. The van der Waals surface area contributed by atoms with Crippen LogP contribution in [0.4, 0.5) is 16.3 Å². The number of fused-ring (bicyclic) bond motifs is 3. The monoisotopic (exact) mass is 489 g/mol. The second-order valence-corrected chi connectivity index (χ2v) is 9.45. The van der Waals surface area contributed by atoms with Gasteiger partial charge in [0.15, 0.2) is 5.82 Å². The zero-order valence-corrected chi connectivity index (χ0v) is 21.0. The molecule has 4 aromatic rings. The van der Waals surface area contributed by atoms with Crippen LogP contribution in [0.1, 0.15) is 49.8 Å². The second-order valence-electron chi connectivity index (χ2n) is 9.45. The van der Waals surface area contributed by atoms with E-state index in [4.69, 9.17) is 9.72 Å². The molecule has 0 spiro atoms. The number of alkyl carbamates (subject to hydrolysis) is 1. The number of carbonyl (C=O) groups is 2. The molecule has 2 amide bonds. The van der Waals surface area contributed by atoms with Crippen LogP contribution in [0, 0.1) is 6.92 Å². The van der Waals surface area contributed by atoms with Crippen molar-refractivity contribution in [1.82, 2.24) is 24.9 Å². The van der Waals surface area contributed by atoms with E-state index in [1.807, 2.05) is 68.5 Å². The Labute approximate surface area is 209 Å². The average molecular weight is 490 g/mol. The highest BCUT2D eigenvalue weighted by Gasteiger charge is 2.16. The Morgan fingerprint density at radius 2 is 1.75 bits per heavy atom. The van der Waals surface area contributed by atoms with Gasteiger partial charge in [0, 0.05) is 24.3 Å². The van der Waals surface area contributed by atoms with Crippen LogP contribution in [-0.4, -0.2) is 50.3 Å². The number of nitrogens with zero attached hydrogens (tertiary/aromatic N) is 4. The van der Waals surface area contributed by atoms with Gasteiger partial charge in [-0.25, -0.2) is 9.78 Å². The van der Waals surface area contributed by atoms with Gasteiger partial charge in [-0.05, 0) is 70.9 Å². The number of rotatable bonds is 8. The number of ether oxygens (including phenoxy) is 1. The first kappa shape index (κ1) is 24.9. The van der Waals surface area contributed by atoms with E-state index < -0.39 is 11.7 Å². The molecular formula is C26H31N7O3. The summed E-state index contributed by atoms with van der Waals surface area (Å²) in [5, 5.41) is 17.5. The van der Waals surface area contributed by atoms with Crippen molar-refractivity contribution < 1.29 is 14.3 Å². The first-order valence-electron chi connectivity index (χ1n) is 11.9. The highest BCUT2D eigenvalue weighted by molar-refractivity contribution is 6.06. The predicted molar refractivity (Wildman–Crippen MR) is 139 cm³/mol. The summed E-state index contributed by atoms with van der Waals surface area (Å²) in [6.07, 6.45) is 1.15. The number of aromatic nitrogens is 4. The lowest BCUT2D eigenvalue weighted by molar-refractivity contribution is 0.0527. The fraction of sp³-hybridized carbons (Fsp3) is 0.346. The maximum atomic E-state index is 12.8. The number of hydrogen-bond donors (Lipinski definition) is 3. The van der Waals surface area contributed by atoms with Crippen molar-refractivity contribution in [1.29, 1.82) is 0 Å². The van der Waals surface area contributed by atoms with Gasteiger partial charge in [0.05, 0.1) is 11.0 Å². The minimum Gasteiger partial charge on any atom is -0.444 e. The Morgan fingerprint density at radius 3 is 2.50 bits per heavy atom. The molecule has 10 nitrogen and oxygen atoms in total. The summed E-state index contributed by atoms with van der Waals surface area (Å²) in [5.41, 5.74) is 2.80. The lowest BCUT2D eigenvalue weighted by Gasteiger charge is -2.19. The summed E-state index contributed by atoms with van der Waals surface area (Å²) >= 11 is 0. The Bertz CT molecular complexity index is 1380. The first-order valence-corrected chi connectivity index (χ1v) is 11.9. The summed E-state index contributed by atoms with van der Waals surface area (Å²) in [7, 11) is 0. The molecule has 0 bridgehead atoms. The number of benzene rings is 2. The van der Waals surface area contributed by atoms with E-state index in [2.05, 4.69) is 26.1 Å². The maximum Gasteiger partial charge on any atom is 0.407 e. The number of nitrogens with one attached hydrogen (secondary N) is 3. The van der Waals surface area contributed by atoms with Gasteiger partial charge in [-0.3, -0.25) is 9.20 Å². The van der Waals surface area contributed by atoms with Crippen LogP contribution in [0.2, 0.25) is 0 Å². The quantitative estimate of drug-likeness (QED) is 0.310. The van der Waals surface area contributed by atoms with Crippen molar-refractivity contribution >= 4 is 40.2 Å². The number of anilines is 2. The first-order chi connectivity index (χ1) is 17.2. The van der Waals surface area contributed by atoms with Gasteiger partial charge in [-0.1, -0.05) is 18.2 Å². The van der Waals surface area contributed by atoms with Gasteiger partial charge in [0.25, 0.3) is 5.91 Å². The molecule has 2 aromatic carbocycles. The zero-order chi connectivity index (χ0) is 25.7. The van der Waals surface area contributed by atoms with E-state index in [-0.39, 0.29) is 5.91 Å².